The minimum atomic E-state index is -0.426. The van der Waals surface area contributed by atoms with Gasteiger partial charge in [-0.25, -0.2) is 4.79 Å². The smallest absolute Gasteiger partial charge is 0.410 e. The van der Waals surface area contributed by atoms with Crippen LogP contribution in [0.4, 0.5) is 4.79 Å². The van der Waals surface area contributed by atoms with E-state index < -0.39 is 5.60 Å². The first-order chi connectivity index (χ1) is 7.26. The van der Waals surface area contributed by atoms with E-state index in [2.05, 4.69) is 6.92 Å². The van der Waals surface area contributed by atoms with Gasteiger partial charge in [-0.2, -0.15) is 0 Å². The molecule has 1 aliphatic heterocycles. The molecular weight excluding hydrogens is 206 g/mol. The highest BCUT2D eigenvalue weighted by molar-refractivity contribution is 5.68. The molecule has 0 aromatic rings. The summed E-state index contributed by atoms with van der Waals surface area (Å²) in [7, 11) is 0. The summed E-state index contributed by atoms with van der Waals surface area (Å²) in [4.78, 5) is 13.5. The number of amides is 1. The highest BCUT2D eigenvalue weighted by Crippen LogP contribution is 2.30. The lowest BCUT2D eigenvalue weighted by molar-refractivity contribution is 0.0248. The lowest BCUT2D eigenvalue weighted by atomic mass is 10.1. The molecule has 0 aromatic heterocycles. The Bertz CT molecular complexity index is 253. The number of carbonyl (C=O) groups excluding carboxylic acids is 1. The molecule has 1 heterocycles. The Morgan fingerprint density at radius 1 is 1.50 bits per heavy atom. The number of carbonyl (C=O) groups is 1. The molecule has 1 amide bonds. The van der Waals surface area contributed by atoms with Gasteiger partial charge in [-0.1, -0.05) is 0 Å². The van der Waals surface area contributed by atoms with Gasteiger partial charge in [-0.15, -0.1) is 0 Å². The Morgan fingerprint density at radius 3 is 2.44 bits per heavy atom. The molecule has 1 aliphatic rings. The van der Waals surface area contributed by atoms with Crippen LogP contribution in [0.3, 0.4) is 0 Å². The van der Waals surface area contributed by atoms with Crippen molar-refractivity contribution in [2.75, 3.05) is 19.7 Å². The van der Waals surface area contributed by atoms with Gasteiger partial charge in [0.05, 0.1) is 12.2 Å². The molecule has 0 bridgehead atoms. The van der Waals surface area contributed by atoms with Gasteiger partial charge >= 0.3 is 6.09 Å². The molecule has 4 nitrogen and oxygen atoms in total. The molecule has 1 unspecified atom stereocenters. The molecule has 0 N–H and O–H groups in total. The van der Waals surface area contributed by atoms with Crippen molar-refractivity contribution in [2.24, 2.45) is 0 Å². The van der Waals surface area contributed by atoms with Gasteiger partial charge in [0.25, 0.3) is 0 Å². The zero-order valence-corrected chi connectivity index (χ0v) is 11.0. The predicted octanol–water partition coefficient (Wildman–Crippen LogP) is 2.42. The average Bonchev–Trinajstić information content (AvgIpc) is 2.82. The first-order valence-corrected chi connectivity index (χ1v) is 5.88. The van der Waals surface area contributed by atoms with Gasteiger partial charge < -0.3 is 14.4 Å². The van der Waals surface area contributed by atoms with E-state index in [9.17, 15) is 4.79 Å². The number of nitrogens with zero attached hydrogens (tertiary/aromatic N) is 1. The topological polar surface area (TPSA) is 42.1 Å². The van der Waals surface area contributed by atoms with E-state index in [1.807, 2.05) is 27.7 Å². The van der Waals surface area contributed by atoms with Crippen molar-refractivity contribution in [2.45, 2.75) is 52.2 Å². The number of hydrogen-bond donors (Lipinski definition) is 0. The van der Waals surface area contributed by atoms with Gasteiger partial charge in [0.15, 0.2) is 0 Å². The molecule has 0 aromatic carbocycles. The van der Waals surface area contributed by atoms with Crippen LogP contribution in [0.15, 0.2) is 0 Å². The number of epoxide rings is 1. The minimum Gasteiger partial charge on any atom is -0.444 e. The van der Waals surface area contributed by atoms with E-state index in [-0.39, 0.29) is 11.7 Å². The maximum Gasteiger partial charge on any atom is 0.410 e. The third-order valence-electron chi connectivity index (χ3n) is 2.58. The minimum absolute atomic E-state index is 0.00453. The molecule has 1 saturated heterocycles. The lowest BCUT2D eigenvalue weighted by Crippen LogP contribution is -2.38. The van der Waals surface area contributed by atoms with Crippen LogP contribution in [-0.4, -0.2) is 41.9 Å². The van der Waals surface area contributed by atoms with Crippen LogP contribution in [0, 0.1) is 0 Å². The maximum atomic E-state index is 11.8. The first-order valence-electron chi connectivity index (χ1n) is 5.88. The SMILES string of the molecule is CCN(CCC1(C)CO1)C(=O)OC(C)(C)C. The van der Waals surface area contributed by atoms with Crippen molar-refractivity contribution in [1.82, 2.24) is 4.90 Å². The average molecular weight is 229 g/mol. The predicted molar refractivity (Wildman–Crippen MR) is 62.5 cm³/mol. The number of ether oxygens (including phenoxy) is 2. The third kappa shape index (κ3) is 4.39. The second-order valence-corrected chi connectivity index (χ2v) is 5.55. The summed E-state index contributed by atoms with van der Waals surface area (Å²) < 4.78 is 10.6. The summed E-state index contributed by atoms with van der Waals surface area (Å²) in [6.45, 7) is 11.8. The van der Waals surface area contributed by atoms with Crippen molar-refractivity contribution < 1.29 is 14.3 Å². The Labute approximate surface area is 97.9 Å². The van der Waals surface area contributed by atoms with E-state index in [0.717, 1.165) is 13.0 Å². The summed E-state index contributed by atoms with van der Waals surface area (Å²) in [5.41, 5.74) is -0.431. The van der Waals surface area contributed by atoms with Gasteiger partial charge in [0.1, 0.15) is 5.60 Å². The van der Waals surface area contributed by atoms with Gasteiger partial charge in [0, 0.05) is 13.1 Å². The highest BCUT2D eigenvalue weighted by atomic mass is 16.6. The monoisotopic (exact) mass is 229 g/mol. The maximum absolute atomic E-state index is 11.8. The summed E-state index contributed by atoms with van der Waals surface area (Å²) >= 11 is 0. The third-order valence-corrected chi connectivity index (χ3v) is 2.58. The van der Waals surface area contributed by atoms with Gasteiger partial charge in [-0.3, -0.25) is 0 Å². The Morgan fingerprint density at radius 2 is 2.06 bits per heavy atom. The van der Waals surface area contributed by atoms with Gasteiger partial charge in [0.2, 0.25) is 0 Å². The van der Waals surface area contributed by atoms with E-state index in [0.29, 0.717) is 13.1 Å². The molecule has 1 atom stereocenters. The quantitative estimate of drug-likeness (QED) is 0.695. The molecule has 4 heteroatoms. The van der Waals surface area contributed by atoms with Gasteiger partial charge in [-0.05, 0) is 41.0 Å². The molecule has 0 saturated carbocycles. The largest absolute Gasteiger partial charge is 0.444 e. The normalized spacial score (nSPS) is 24.1. The first kappa shape index (κ1) is 13.3. The zero-order valence-electron chi connectivity index (χ0n) is 11.0. The Hall–Kier alpha value is -0.770. The van der Waals surface area contributed by atoms with E-state index in [4.69, 9.17) is 9.47 Å². The molecule has 0 spiro atoms. The van der Waals surface area contributed by atoms with Crippen molar-refractivity contribution in [3.63, 3.8) is 0 Å². The van der Waals surface area contributed by atoms with Crippen LogP contribution in [0.1, 0.15) is 41.0 Å². The second-order valence-electron chi connectivity index (χ2n) is 5.55. The van der Waals surface area contributed by atoms with E-state index in [1.54, 1.807) is 4.90 Å². The van der Waals surface area contributed by atoms with Crippen molar-refractivity contribution in [3.05, 3.63) is 0 Å². The molecule has 0 radical (unpaired) electrons. The molecule has 16 heavy (non-hydrogen) atoms. The summed E-state index contributed by atoms with van der Waals surface area (Å²) in [6.07, 6.45) is 0.638. The molecule has 1 fully saturated rings. The van der Waals surface area contributed by atoms with Crippen LogP contribution >= 0.6 is 0 Å². The summed E-state index contributed by atoms with van der Waals surface area (Å²) in [5.74, 6) is 0. The zero-order chi connectivity index (χ0) is 12.4. The Kier molecular flexibility index (Phi) is 3.84. The summed E-state index contributed by atoms with van der Waals surface area (Å²) in [6, 6.07) is 0. The van der Waals surface area contributed by atoms with Crippen LogP contribution in [0.5, 0.6) is 0 Å². The lowest BCUT2D eigenvalue weighted by Gasteiger charge is -2.26. The standard InChI is InChI=1S/C12H23NO3/c1-6-13(8-7-12(5)9-15-12)10(14)16-11(2,3)4/h6-9H2,1-5H3. The van der Waals surface area contributed by atoms with Crippen LogP contribution in [0.2, 0.25) is 0 Å². The fourth-order valence-electron chi connectivity index (χ4n) is 1.34. The van der Waals surface area contributed by atoms with Crippen molar-refractivity contribution in [1.29, 1.82) is 0 Å². The highest BCUT2D eigenvalue weighted by Gasteiger charge is 2.39. The molecular formula is C12H23NO3. The summed E-state index contributed by atoms with van der Waals surface area (Å²) in [5, 5.41) is 0. The van der Waals surface area contributed by atoms with E-state index >= 15 is 0 Å². The Balaban J connectivity index is 2.37. The fourth-order valence-corrected chi connectivity index (χ4v) is 1.34. The molecule has 1 rings (SSSR count). The number of rotatable bonds is 4. The van der Waals surface area contributed by atoms with Crippen LogP contribution in [-0.2, 0) is 9.47 Å². The van der Waals surface area contributed by atoms with Crippen molar-refractivity contribution >= 4 is 6.09 Å². The second kappa shape index (κ2) is 4.62. The van der Waals surface area contributed by atoms with E-state index in [1.165, 1.54) is 0 Å². The van der Waals surface area contributed by atoms with Crippen LogP contribution in [0.25, 0.3) is 0 Å². The van der Waals surface area contributed by atoms with Crippen molar-refractivity contribution in [3.8, 4) is 0 Å². The fraction of sp³-hybridized carbons (Fsp3) is 0.917. The molecule has 94 valence electrons. The van der Waals surface area contributed by atoms with Crippen LogP contribution < -0.4 is 0 Å². The number of hydrogen-bond acceptors (Lipinski definition) is 3. The molecule has 0 aliphatic carbocycles.